The SMILES string of the molecule is FC(F)(F)Nc1cccc2c1c1cccc(NC(F)(F)F)c1c1cccc(NC(F)(F)F)c21. The van der Waals surface area contributed by atoms with E-state index in [0.29, 0.717) is 0 Å². The molecule has 0 amide bonds. The number of halogens is 9. The van der Waals surface area contributed by atoms with Gasteiger partial charge in [0, 0.05) is 33.2 Å². The molecule has 0 unspecified atom stereocenters. The van der Waals surface area contributed by atoms with Gasteiger partial charge >= 0.3 is 18.9 Å². The van der Waals surface area contributed by atoms with E-state index in [1.807, 2.05) is 0 Å². The Morgan fingerprint density at radius 1 is 0.394 bits per heavy atom. The monoisotopic (exact) mass is 477 g/mol. The van der Waals surface area contributed by atoms with Gasteiger partial charge in [0.1, 0.15) is 0 Å². The summed E-state index contributed by atoms with van der Waals surface area (Å²) in [6.07, 6.45) is -14.7. The van der Waals surface area contributed by atoms with E-state index in [0.717, 1.165) is 18.2 Å². The number of anilines is 3. The first-order chi connectivity index (χ1) is 15.2. The molecule has 3 N–H and O–H groups in total. The maximum Gasteiger partial charge on any atom is 0.482 e. The van der Waals surface area contributed by atoms with Crippen LogP contribution in [0.15, 0.2) is 54.6 Å². The number of rotatable bonds is 3. The van der Waals surface area contributed by atoms with Crippen LogP contribution in [-0.2, 0) is 0 Å². The van der Waals surface area contributed by atoms with Crippen LogP contribution < -0.4 is 16.0 Å². The van der Waals surface area contributed by atoms with Crippen molar-refractivity contribution in [2.75, 3.05) is 16.0 Å². The second-order valence-corrected chi connectivity index (χ2v) is 7.05. The highest BCUT2D eigenvalue weighted by atomic mass is 19.4. The van der Waals surface area contributed by atoms with Crippen molar-refractivity contribution in [3.8, 4) is 0 Å². The first kappa shape index (κ1) is 22.6. The minimum atomic E-state index is -4.90. The molecule has 4 rings (SSSR count). The number of alkyl halides is 9. The lowest BCUT2D eigenvalue weighted by molar-refractivity contribution is -0.101. The molecule has 0 aliphatic rings. The molecule has 0 spiro atoms. The summed E-state index contributed by atoms with van der Waals surface area (Å²) in [5, 5.41) is 3.42. The predicted octanol–water partition coefficient (Wildman–Crippen LogP) is 7.94. The highest BCUT2D eigenvalue weighted by Gasteiger charge is 2.32. The van der Waals surface area contributed by atoms with Gasteiger partial charge in [-0.25, -0.2) is 0 Å². The summed E-state index contributed by atoms with van der Waals surface area (Å²) in [5.41, 5.74) is -1.55. The molecule has 0 aliphatic carbocycles. The van der Waals surface area contributed by atoms with Gasteiger partial charge in [-0.3, -0.25) is 16.0 Å². The summed E-state index contributed by atoms with van der Waals surface area (Å²) in [6.45, 7) is 0. The van der Waals surface area contributed by atoms with Gasteiger partial charge in [-0.15, -0.1) is 0 Å². The lowest BCUT2D eigenvalue weighted by Gasteiger charge is -2.21. The van der Waals surface area contributed by atoms with E-state index in [4.69, 9.17) is 0 Å². The molecule has 33 heavy (non-hydrogen) atoms. The van der Waals surface area contributed by atoms with Gasteiger partial charge in [-0.1, -0.05) is 36.4 Å². The zero-order valence-electron chi connectivity index (χ0n) is 16.1. The maximum atomic E-state index is 13.2. The Morgan fingerprint density at radius 2 is 0.636 bits per heavy atom. The normalized spacial score (nSPS) is 13.0. The van der Waals surface area contributed by atoms with Crippen molar-refractivity contribution in [1.29, 1.82) is 0 Å². The summed E-state index contributed by atoms with van der Waals surface area (Å²) in [7, 11) is 0. The molecule has 0 fully saturated rings. The molecule has 4 aromatic carbocycles. The molecule has 12 heteroatoms. The third kappa shape index (κ3) is 4.64. The molecular weight excluding hydrogens is 465 g/mol. The van der Waals surface area contributed by atoms with Gasteiger partial charge in [-0.05, 0) is 34.4 Å². The Kier molecular flexibility index (Phi) is 5.14. The van der Waals surface area contributed by atoms with Crippen LogP contribution in [0, 0.1) is 0 Å². The zero-order valence-corrected chi connectivity index (χ0v) is 16.1. The second kappa shape index (κ2) is 7.49. The Labute approximate surface area is 179 Å². The Bertz CT molecular complexity index is 1160. The fraction of sp³-hybridized carbons (Fsp3) is 0.143. The topological polar surface area (TPSA) is 36.1 Å². The summed E-state index contributed by atoms with van der Waals surface area (Å²) in [5.74, 6) is 0. The first-order valence-electron chi connectivity index (χ1n) is 9.18. The van der Waals surface area contributed by atoms with Crippen molar-refractivity contribution in [2.24, 2.45) is 0 Å². The van der Waals surface area contributed by atoms with E-state index in [1.165, 1.54) is 52.3 Å². The van der Waals surface area contributed by atoms with Crippen molar-refractivity contribution < 1.29 is 39.5 Å². The molecule has 174 valence electrons. The summed E-state index contributed by atoms with van der Waals surface area (Å²) >= 11 is 0. The number of hydrogen-bond acceptors (Lipinski definition) is 3. The molecule has 0 saturated heterocycles. The van der Waals surface area contributed by atoms with Crippen LogP contribution in [0.25, 0.3) is 32.3 Å². The number of fused-ring (bicyclic) bond motifs is 6. The molecule has 0 bridgehead atoms. The van der Waals surface area contributed by atoms with Gasteiger partial charge in [-0.2, -0.15) is 39.5 Å². The predicted molar refractivity (Wildman–Crippen MR) is 108 cm³/mol. The molecular formula is C21H12F9N3. The van der Waals surface area contributed by atoms with Crippen LogP contribution in [0.3, 0.4) is 0 Å². The molecule has 4 aromatic rings. The van der Waals surface area contributed by atoms with Crippen molar-refractivity contribution in [2.45, 2.75) is 18.9 Å². The molecule has 3 nitrogen and oxygen atoms in total. The lowest BCUT2D eigenvalue weighted by Crippen LogP contribution is -2.22. The highest BCUT2D eigenvalue weighted by Crippen LogP contribution is 2.45. The Morgan fingerprint density at radius 3 is 0.848 bits per heavy atom. The van der Waals surface area contributed by atoms with Gasteiger partial charge in [0.2, 0.25) is 0 Å². The molecule has 0 aliphatic heterocycles. The van der Waals surface area contributed by atoms with Crippen LogP contribution in [0.2, 0.25) is 0 Å². The Balaban J connectivity index is 2.23. The van der Waals surface area contributed by atoms with E-state index in [1.54, 1.807) is 0 Å². The summed E-state index contributed by atoms with van der Waals surface area (Å²) in [4.78, 5) is 0. The second-order valence-electron chi connectivity index (χ2n) is 7.05. The van der Waals surface area contributed by atoms with Crippen LogP contribution in [-0.4, -0.2) is 18.9 Å². The van der Waals surface area contributed by atoms with Gasteiger partial charge in [0.25, 0.3) is 0 Å². The number of nitrogens with one attached hydrogen (secondary N) is 3. The van der Waals surface area contributed by atoms with Crippen molar-refractivity contribution >= 4 is 49.4 Å². The smallest absolute Gasteiger partial charge is 0.297 e. The van der Waals surface area contributed by atoms with E-state index in [-0.39, 0.29) is 32.3 Å². The molecule has 0 aromatic heterocycles. The minimum Gasteiger partial charge on any atom is -0.297 e. The maximum absolute atomic E-state index is 13.2. The van der Waals surface area contributed by atoms with Crippen LogP contribution in [0.1, 0.15) is 0 Å². The standard InChI is InChI=1S/C21H12F9N3/c22-19(23,24)31-13-7-1-4-10-16(13)11-5-2-9-15(33-21(28,29)30)18(11)12-6-3-8-14(17(10)12)32-20(25,26)27/h1-9,31-33H. The van der Waals surface area contributed by atoms with Crippen LogP contribution >= 0.6 is 0 Å². The lowest BCUT2D eigenvalue weighted by atomic mass is 9.91. The molecule has 0 heterocycles. The van der Waals surface area contributed by atoms with E-state index in [9.17, 15) is 39.5 Å². The highest BCUT2D eigenvalue weighted by molar-refractivity contribution is 6.32. The van der Waals surface area contributed by atoms with Crippen LogP contribution in [0.4, 0.5) is 56.6 Å². The fourth-order valence-corrected chi connectivity index (χ4v) is 3.92. The molecule has 0 saturated carbocycles. The van der Waals surface area contributed by atoms with Gasteiger partial charge in [0.05, 0.1) is 0 Å². The summed E-state index contributed by atoms with van der Waals surface area (Å²) in [6, 6.07) is 10.7. The third-order valence-corrected chi connectivity index (χ3v) is 4.83. The third-order valence-electron chi connectivity index (χ3n) is 4.83. The zero-order chi connectivity index (χ0) is 24.2. The quantitative estimate of drug-likeness (QED) is 0.159. The molecule has 0 radical (unpaired) electrons. The average Bonchev–Trinajstić information content (AvgIpc) is 2.64. The van der Waals surface area contributed by atoms with E-state index < -0.39 is 36.0 Å². The fourth-order valence-electron chi connectivity index (χ4n) is 3.92. The number of benzene rings is 4. The van der Waals surface area contributed by atoms with Gasteiger partial charge in [0.15, 0.2) is 0 Å². The minimum absolute atomic E-state index is 0.0109. The van der Waals surface area contributed by atoms with Crippen molar-refractivity contribution in [3.05, 3.63) is 54.6 Å². The van der Waals surface area contributed by atoms with Crippen molar-refractivity contribution in [3.63, 3.8) is 0 Å². The molecule has 0 atom stereocenters. The Hall–Kier alpha value is -3.57. The largest absolute Gasteiger partial charge is 0.482 e. The van der Waals surface area contributed by atoms with Crippen molar-refractivity contribution in [1.82, 2.24) is 0 Å². The van der Waals surface area contributed by atoms with Crippen LogP contribution in [0.5, 0.6) is 0 Å². The number of hydrogen-bond donors (Lipinski definition) is 3. The first-order valence-corrected chi connectivity index (χ1v) is 9.18. The van der Waals surface area contributed by atoms with E-state index in [2.05, 4.69) is 0 Å². The van der Waals surface area contributed by atoms with Gasteiger partial charge < -0.3 is 0 Å². The summed E-state index contributed by atoms with van der Waals surface area (Å²) < 4.78 is 118. The average molecular weight is 477 g/mol. The van der Waals surface area contributed by atoms with E-state index >= 15 is 0 Å².